The van der Waals surface area contributed by atoms with Crippen LogP contribution in [0.15, 0.2) is 4.52 Å². The molecule has 2 aromatic rings. The second kappa shape index (κ2) is 3.50. The van der Waals surface area contributed by atoms with Crippen molar-refractivity contribution in [3.63, 3.8) is 0 Å². The Morgan fingerprint density at radius 2 is 2.27 bits per heavy atom. The molecule has 0 fully saturated rings. The molecule has 0 radical (unpaired) electrons. The number of hydrogen-bond acceptors (Lipinski definition) is 5. The van der Waals surface area contributed by atoms with Crippen LogP contribution in [0.3, 0.4) is 0 Å². The van der Waals surface area contributed by atoms with Gasteiger partial charge in [0.05, 0.1) is 5.69 Å². The Labute approximate surface area is 91.0 Å². The Balaban J connectivity index is 2.37. The molecule has 0 bridgehead atoms. The fourth-order valence-electron chi connectivity index (χ4n) is 1.37. The van der Waals surface area contributed by atoms with E-state index < -0.39 is 0 Å². The lowest BCUT2D eigenvalue weighted by atomic mass is 10.1. The highest BCUT2D eigenvalue weighted by molar-refractivity contribution is 7.71. The zero-order chi connectivity index (χ0) is 11.0. The van der Waals surface area contributed by atoms with E-state index in [1.54, 1.807) is 0 Å². The summed E-state index contributed by atoms with van der Waals surface area (Å²) in [6, 6.07) is 0. The van der Waals surface area contributed by atoms with E-state index in [2.05, 4.69) is 15.4 Å². The third-order valence-electron chi connectivity index (χ3n) is 2.29. The van der Waals surface area contributed by atoms with E-state index in [-0.39, 0.29) is 0 Å². The van der Waals surface area contributed by atoms with Crippen LogP contribution in [-0.2, 0) is 6.42 Å². The van der Waals surface area contributed by atoms with E-state index >= 15 is 0 Å². The van der Waals surface area contributed by atoms with Crippen molar-refractivity contribution in [1.29, 1.82) is 0 Å². The summed E-state index contributed by atoms with van der Waals surface area (Å²) in [5.41, 5.74) is 1.84. The fourth-order valence-corrected chi connectivity index (χ4v) is 1.53. The molecular formula is C8H11N5OS. The molecule has 0 aliphatic rings. The molecule has 2 heterocycles. The topological polar surface area (TPSA) is 85.7 Å². The van der Waals surface area contributed by atoms with Crippen molar-refractivity contribution in [2.75, 3.05) is 5.84 Å². The summed E-state index contributed by atoms with van der Waals surface area (Å²) in [4.78, 5) is 0. The predicted octanol–water partition coefficient (Wildman–Crippen LogP) is 0.850. The van der Waals surface area contributed by atoms with Crippen LogP contribution in [0.4, 0.5) is 0 Å². The van der Waals surface area contributed by atoms with Gasteiger partial charge in [0.25, 0.3) is 0 Å². The highest BCUT2D eigenvalue weighted by atomic mass is 32.1. The van der Waals surface area contributed by atoms with Crippen LogP contribution in [0.5, 0.6) is 0 Å². The SMILES string of the molecule is Cc1noc(C)c1Cc1n[nH]c(=S)n1N. The number of nitrogen functional groups attached to an aromatic ring is 1. The summed E-state index contributed by atoms with van der Waals surface area (Å²) in [5, 5.41) is 10.5. The van der Waals surface area contributed by atoms with E-state index in [0.717, 1.165) is 17.0 Å². The minimum atomic E-state index is 0.400. The quantitative estimate of drug-likeness (QED) is 0.584. The van der Waals surface area contributed by atoms with Gasteiger partial charge in [0, 0.05) is 12.0 Å². The summed E-state index contributed by atoms with van der Waals surface area (Å²) in [6.07, 6.45) is 0.560. The molecule has 3 N–H and O–H groups in total. The molecule has 0 spiro atoms. The van der Waals surface area contributed by atoms with E-state index in [1.165, 1.54) is 4.68 Å². The van der Waals surface area contributed by atoms with Crippen LogP contribution in [0.25, 0.3) is 0 Å². The van der Waals surface area contributed by atoms with E-state index in [4.69, 9.17) is 22.6 Å². The molecule has 15 heavy (non-hydrogen) atoms. The van der Waals surface area contributed by atoms with Crippen molar-refractivity contribution in [2.24, 2.45) is 0 Å². The molecule has 80 valence electrons. The Morgan fingerprint density at radius 3 is 2.73 bits per heavy atom. The lowest BCUT2D eigenvalue weighted by Crippen LogP contribution is -2.13. The summed E-state index contributed by atoms with van der Waals surface area (Å²) in [5.74, 6) is 7.13. The lowest BCUT2D eigenvalue weighted by molar-refractivity contribution is 0.392. The number of H-pyrrole nitrogens is 1. The van der Waals surface area contributed by atoms with Crippen LogP contribution in [0, 0.1) is 18.6 Å². The fraction of sp³-hybridized carbons (Fsp3) is 0.375. The van der Waals surface area contributed by atoms with Gasteiger partial charge in [-0.15, -0.1) is 0 Å². The molecule has 2 rings (SSSR count). The smallest absolute Gasteiger partial charge is 0.214 e. The maximum absolute atomic E-state index is 5.69. The number of rotatable bonds is 2. The maximum Gasteiger partial charge on any atom is 0.214 e. The Hall–Kier alpha value is -1.63. The van der Waals surface area contributed by atoms with Crippen LogP contribution in [0.2, 0.25) is 0 Å². The summed E-state index contributed by atoms with van der Waals surface area (Å²) < 4.78 is 6.80. The van der Waals surface area contributed by atoms with Crippen LogP contribution >= 0.6 is 12.2 Å². The molecule has 0 aromatic carbocycles. The zero-order valence-electron chi connectivity index (χ0n) is 8.44. The van der Waals surface area contributed by atoms with Gasteiger partial charge in [-0.2, -0.15) is 5.10 Å². The molecule has 0 aliphatic carbocycles. The monoisotopic (exact) mass is 225 g/mol. The van der Waals surface area contributed by atoms with E-state index in [1.807, 2.05) is 13.8 Å². The standard InChI is InChI=1S/C8H11N5OS/c1-4-6(5(2)14-12-4)3-7-10-11-8(15)13(7)9/h3,9H2,1-2H3,(H,11,15). The number of nitrogens with one attached hydrogen (secondary N) is 1. The summed E-state index contributed by atoms with van der Waals surface area (Å²) in [6.45, 7) is 3.74. The number of nitrogens with zero attached hydrogens (tertiary/aromatic N) is 3. The number of aryl methyl sites for hydroxylation is 2. The molecule has 0 unspecified atom stereocenters. The normalized spacial score (nSPS) is 10.8. The minimum Gasteiger partial charge on any atom is -0.361 e. The van der Waals surface area contributed by atoms with E-state index in [9.17, 15) is 0 Å². The molecule has 0 aliphatic heterocycles. The van der Waals surface area contributed by atoms with Gasteiger partial charge in [-0.05, 0) is 26.1 Å². The zero-order valence-corrected chi connectivity index (χ0v) is 9.26. The highest BCUT2D eigenvalue weighted by Gasteiger charge is 2.13. The van der Waals surface area contributed by atoms with Gasteiger partial charge in [0.1, 0.15) is 5.76 Å². The molecule has 2 aromatic heterocycles. The Kier molecular flexibility index (Phi) is 2.31. The molecule has 0 atom stereocenters. The van der Waals surface area contributed by atoms with Crippen molar-refractivity contribution in [3.8, 4) is 0 Å². The highest BCUT2D eigenvalue weighted by Crippen LogP contribution is 2.15. The van der Waals surface area contributed by atoms with Crippen molar-refractivity contribution in [1.82, 2.24) is 20.0 Å². The second-order valence-corrected chi connectivity index (χ2v) is 3.68. The molecule has 0 saturated heterocycles. The number of nitrogens with two attached hydrogens (primary N) is 1. The largest absolute Gasteiger partial charge is 0.361 e. The number of hydrogen-bond donors (Lipinski definition) is 2. The van der Waals surface area contributed by atoms with Crippen LogP contribution < -0.4 is 5.84 Å². The Bertz CT molecular complexity index is 518. The van der Waals surface area contributed by atoms with Crippen molar-refractivity contribution in [3.05, 3.63) is 27.6 Å². The molecule has 0 amide bonds. The van der Waals surface area contributed by atoms with Gasteiger partial charge in [-0.25, -0.2) is 4.68 Å². The Morgan fingerprint density at radius 1 is 1.53 bits per heavy atom. The van der Waals surface area contributed by atoms with Gasteiger partial charge in [-0.3, -0.25) is 5.10 Å². The maximum atomic E-state index is 5.69. The molecule has 7 heteroatoms. The van der Waals surface area contributed by atoms with Crippen LogP contribution in [-0.4, -0.2) is 20.0 Å². The molecular weight excluding hydrogens is 214 g/mol. The summed E-state index contributed by atoms with van der Waals surface area (Å²) in [7, 11) is 0. The average Bonchev–Trinajstić information content (AvgIpc) is 2.68. The third-order valence-corrected chi connectivity index (χ3v) is 2.58. The van der Waals surface area contributed by atoms with E-state index in [0.29, 0.717) is 17.0 Å². The third kappa shape index (κ3) is 1.65. The first kappa shape index (κ1) is 9.91. The van der Waals surface area contributed by atoms with Crippen LogP contribution in [0.1, 0.15) is 22.8 Å². The van der Waals surface area contributed by atoms with Crippen molar-refractivity contribution < 1.29 is 4.52 Å². The first-order chi connectivity index (χ1) is 7.09. The lowest BCUT2D eigenvalue weighted by Gasteiger charge is -1.99. The first-order valence-electron chi connectivity index (χ1n) is 4.42. The van der Waals surface area contributed by atoms with Gasteiger partial charge in [0.15, 0.2) is 5.82 Å². The van der Waals surface area contributed by atoms with Gasteiger partial charge in [0.2, 0.25) is 4.77 Å². The summed E-state index contributed by atoms with van der Waals surface area (Å²) >= 11 is 4.92. The minimum absolute atomic E-state index is 0.400. The molecule has 6 nitrogen and oxygen atoms in total. The predicted molar refractivity (Wildman–Crippen MR) is 56.3 cm³/mol. The number of aromatic amines is 1. The second-order valence-electron chi connectivity index (χ2n) is 3.29. The van der Waals surface area contributed by atoms with Crippen molar-refractivity contribution in [2.45, 2.75) is 20.3 Å². The molecule has 0 saturated carbocycles. The van der Waals surface area contributed by atoms with Gasteiger partial charge in [-0.1, -0.05) is 5.16 Å². The van der Waals surface area contributed by atoms with Crippen molar-refractivity contribution >= 4 is 12.2 Å². The van der Waals surface area contributed by atoms with Gasteiger partial charge >= 0.3 is 0 Å². The van der Waals surface area contributed by atoms with Gasteiger partial charge < -0.3 is 10.4 Å². The average molecular weight is 225 g/mol. The first-order valence-corrected chi connectivity index (χ1v) is 4.83. The number of aromatic nitrogens is 4.